The fraction of sp³-hybridized carbons (Fsp3) is 0.250. The zero-order valence-corrected chi connectivity index (χ0v) is 8.24. The van der Waals surface area contributed by atoms with E-state index in [1.807, 2.05) is 0 Å². The molecule has 4 N–H and O–H groups in total. The Balaban J connectivity index is 0.00000169. The summed E-state index contributed by atoms with van der Waals surface area (Å²) < 4.78 is 0. The Morgan fingerprint density at radius 2 is 2.14 bits per heavy atom. The summed E-state index contributed by atoms with van der Waals surface area (Å²) in [7, 11) is 0. The molecule has 1 rings (SSSR count). The number of hydrogen-bond donors (Lipinski definition) is 2. The highest BCUT2D eigenvalue weighted by Gasteiger charge is 2.09. The summed E-state index contributed by atoms with van der Waals surface area (Å²) in [6.45, 7) is 0.279. The lowest BCUT2D eigenvalue weighted by Crippen LogP contribution is -2.20. The zero-order chi connectivity index (χ0) is 9.84. The summed E-state index contributed by atoms with van der Waals surface area (Å²) in [4.78, 5) is 9.95. The SMILES string of the molecule is Cl.NC[C@H](N)c1cccc([N+](=O)[O-])c1. The molecule has 0 fully saturated rings. The fourth-order valence-electron chi connectivity index (χ4n) is 1.01. The van der Waals surface area contributed by atoms with Gasteiger partial charge in [-0.2, -0.15) is 0 Å². The van der Waals surface area contributed by atoms with Crippen LogP contribution >= 0.6 is 12.4 Å². The molecule has 1 aromatic rings. The molecule has 0 spiro atoms. The van der Waals surface area contributed by atoms with Gasteiger partial charge in [0, 0.05) is 24.7 Å². The molecule has 0 radical (unpaired) electrons. The van der Waals surface area contributed by atoms with Crippen LogP contribution in [0.25, 0.3) is 0 Å². The molecule has 1 aromatic carbocycles. The van der Waals surface area contributed by atoms with E-state index in [4.69, 9.17) is 11.5 Å². The monoisotopic (exact) mass is 217 g/mol. The van der Waals surface area contributed by atoms with Crippen LogP contribution in [0.2, 0.25) is 0 Å². The summed E-state index contributed by atoms with van der Waals surface area (Å²) in [5, 5.41) is 10.4. The Morgan fingerprint density at radius 1 is 1.50 bits per heavy atom. The van der Waals surface area contributed by atoms with Crippen LogP contribution in [0.15, 0.2) is 24.3 Å². The summed E-state index contributed by atoms with van der Waals surface area (Å²) in [6, 6.07) is 5.86. The number of nitrogens with two attached hydrogens (primary N) is 2. The predicted molar refractivity (Wildman–Crippen MR) is 56.3 cm³/mol. The van der Waals surface area contributed by atoms with E-state index in [2.05, 4.69) is 0 Å². The first kappa shape index (κ1) is 12.8. The van der Waals surface area contributed by atoms with Crippen LogP contribution in [0.3, 0.4) is 0 Å². The van der Waals surface area contributed by atoms with Crippen LogP contribution in [-0.4, -0.2) is 11.5 Å². The average Bonchev–Trinajstić information content (AvgIpc) is 2.17. The maximum atomic E-state index is 10.4. The molecule has 0 saturated heterocycles. The lowest BCUT2D eigenvalue weighted by molar-refractivity contribution is -0.384. The lowest BCUT2D eigenvalue weighted by Gasteiger charge is -2.07. The number of non-ortho nitro benzene ring substituents is 1. The second-order valence-corrected chi connectivity index (χ2v) is 2.69. The van der Waals surface area contributed by atoms with Crippen molar-refractivity contribution in [3.05, 3.63) is 39.9 Å². The highest BCUT2D eigenvalue weighted by atomic mass is 35.5. The lowest BCUT2D eigenvalue weighted by atomic mass is 10.1. The van der Waals surface area contributed by atoms with Crippen LogP contribution in [0.5, 0.6) is 0 Å². The number of rotatable bonds is 3. The normalized spacial score (nSPS) is 11.6. The van der Waals surface area contributed by atoms with E-state index >= 15 is 0 Å². The largest absolute Gasteiger partial charge is 0.329 e. The highest BCUT2D eigenvalue weighted by molar-refractivity contribution is 5.85. The molecule has 0 unspecified atom stereocenters. The van der Waals surface area contributed by atoms with Crippen molar-refractivity contribution in [1.82, 2.24) is 0 Å². The summed E-state index contributed by atoms with van der Waals surface area (Å²) in [5.74, 6) is 0. The van der Waals surface area contributed by atoms with Crippen LogP contribution in [0.4, 0.5) is 5.69 Å². The van der Waals surface area contributed by atoms with Gasteiger partial charge >= 0.3 is 0 Å². The first-order chi connectivity index (χ1) is 6.15. The van der Waals surface area contributed by atoms with Crippen molar-refractivity contribution in [1.29, 1.82) is 0 Å². The van der Waals surface area contributed by atoms with Gasteiger partial charge in [-0.25, -0.2) is 0 Å². The van der Waals surface area contributed by atoms with Crippen molar-refractivity contribution < 1.29 is 4.92 Å². The third-order valence-electron chi connectivity index (χ3n) is 1.76. The second-order valence-electron chi connectivity index (χ2n) is 2.69. The Hall–Kier alpha value is -1.17. The minimum atomic E-state index is -0.452. The summed E-state index contributed by atoms with van der Waals surface area (Å²) in [5.41, 5.74) is 11.7. The van der Waals surface area contributed by atoms with Crippen molar-refractivity contribution in [2.24, 2.45) is 11.5 Å². The maximum absolute atomic E-state index is 10.4. The number of nitro benzene ring substituents is 1. The molecular weight excluding hydrogens is 206 g/mol. The van der Waals surface area contributed by atoms with Gasteiger partial charge in [-0.3, -0.25) is 10.1 Å². The molecular formula is C8H12ClN3O2. The first-order valence-electron chi connectivity index (χ1n) is 3.85. The van der Waals surface area contributed by atoms with E-state index < -0.39 is 4.92 Å². The molecule has 0 amide bonds. The van der Waals surface area contributed by atoms with Gasteiger partial charge in [0.1, 0.15) is 0 Å². The molecule has 5 nitrogen and oxygen atoms in total. The van der Waals surface area contributed by atoms with E-state index in [0.717, 1.165) is 0 Å². The van der Waals surface area contributed by atoms with Gasteiger partial charge in [-0.05, 0) is 5.56 Å². The van der Waals surface area contributed by atoms with Gasteiger partial charge in [-0.15, -0.1) is 12.4 Å². The molecule has 0 heterocycles. The smallest absolute Gasteiger partial charge is 0.269 e. The topological polar surface area (TPSA) is 95.2 Å². The molecule has 0 aliphatic carbocycles. The van der Waals surface area contributed by atoms with Crippen molar-refractivity contribution >= 4 is 18.1 Å². The number of nitro groups is 1. The molecule has 6 heteroatoms. The van der Waals surface area contributed by atoms with Crippen LogP contribution in [0, 0.1) is 10.1 Å². The third-order valence-corrected chi connectivity index (χ3v) is 1.76. The van der Waals surface area contributed by atoms with Crippen molar-refractivity contribution in [3.63, 3.8) is 0 Å². The predicted octanol–water partition coefficient (Wildman–Crippen LogP) is 0.975. The standard InChI is InChI=1S/C8H11N3O2.ClH/c9-5-8(10)6-2-1-3-7(4-6)11(12)13;/h1-4,8H,5,9-10H2;1H/t8-;/m0./s1. The van der Waals surface area contributed by atoms with E-state index in [-0.39, 0.29) is 30.7 Å². The zero-order valence-electron chi connectivity index (χ0n) is 7.42. The van der Waals surface area contributed by atoms with E-state index in [1.165, 1.54) is 12.1 Å². The molecule has 0 bridgehead atoms. The quantitative estimate of drug-likeness (QED) is 0.583. The summed E-state index contributed by atoms with van der Waals surface area (Å²) >= 11 is 0. The third kappa shape index (κ3) is 2.95. The maximum Gasteiger partial charge on any atom is 0.269 e. The van der Waals surface area contributed by atoms with Crippen LogP contribution in [0.1, 0.15) is 11.6 Å². The van der Waals surface area contributed by atoms with Crippen molar-refractivity contribution in [2.45, 2.75) is 6.04 Å². The molecule has 0 aromatic heterocycles. The van der Waals surface area contributed by atoms with Gasteiger partial charge in [-0.1, -0.05) is 12.1 Å². The first-order valence-corrected chi connectivity index (χ1v) is 3.85. The molecule has 0 saturated carbocycles. The molecule has 1 atom stereocenters. The number of halogens is 1. The average molecular weight is 218 g/mol. The van der Waals surface area contributed by atoms with Gasteiger partial charge in [0.25, 0.3) is 5.69 Å². The number of hydrogen-bond acceptors (Lipinski definition) is 4. The molecule has 0 aliphatic heterocycles. The van der Waals surface area contributed by atoms with Gasteiger partial charge in [0.2, 0.25) is 0 Å². The van der Waals surface area contributed by atoms with Crippen molar-refractivity contribution in [2.75, 3.05) is 6.54 Å². The fourth-order valence-corrected chi connectivity index (χ4v) is 1.01. The molecule has 0 aliphatic rings. The Kier molecular flexibility index (Phi) is 5.07. The summed E-state index contributed by atoms with van der Waals surface area (Å²) in [6.07, 6.45) is 0. The minimum absolute atomic E-state index is 0. The minimum Gasteiger partial charge on any atom is -0.329 e. The highest BCUT2D eigenvalue weighted by Crippen LogP contribution is 2.16. The van der Waals surface area contributed by atoms with Crippen LogP contribution < -0.4 is 11.5 Å². The van der Waals surface area contributed by atoms with Crippen molar-refractivity contribution in [3.8, 4) is 0 Å². The Morgan fingerprint density at radius 3 is 2.64 bits per heavy atom. The number of nitrogens with zero attached hydrogens (tertiary/aromatic N) is 1. The van der Waals surface area contributed by atoms with Gasteiger partial charge in [0.05, 0.1) is 4.92 Å². The Labute approximate surface area is 87.6 Å². The van der Waals surface area contributed by atoms with Gasteiger partial charge < -0.3 is 11.5 Å². The molecule has 78 valence electrons. The van der Waals surface area contributed by atoms with E-state index in [0.29, 0.717) is 5.56 Å². The van der Waals surface area contributed by atoms with Gasteiger partial charge in [0.15, 0.2) is 0 Å². The van der Waals surface area contributed by atoms with Crippen LogP contribution in [-0.2, 0) is 0 Å². The van der Waals surface area contributed by atoms with E-state index in [9.17, 15) is 10.1 Å². The second kappa shape index (κ2) is 5.54. The van der Waals surface area contributed by atoms with E-state index in [1.54, 1.807) is 12.1 Å². The Bertz CT molecular complexity index is 319. The molecule has 14 heavy (non-hydrogen) atoms. The number of benzene rings is 1.